The first-order valence-electron chi connectivity index (χ1n) is 11.0. The van der Waals surface area contributed by atoms with Gasteiger partial charge in [0.05, 0.1) is 0 Å². The lowest BCUT2D eigenvalue weighted by Gasteiger charge is -2.14. The molecule has 0 bridgehead atoms. The van der Waals surface area contributed by atoms with Crippen molar-refractivity contribution in [3.63, 3.8) is 0 Å². The van der Waals surface area contributed by atoms with Gasteiger partial charge in [0.25, 0.3) is 0 Å². The largest absolute Gasteiger partial charge is 0.480 e. The highest BCUT2D eigenvalue weighted by Gasteiger charge is 2.22. The summed E-state index contributed by atoms with van der Waals surface area (Å²) >= 11 is 1.43. The van der Waals surface area contributed by atoms with Gasteiger partial charge in [0.2, 0.25) is 5.91 Å². The number of allylic oxidation sites excluding steroid dienone is 1. The maximum atomic E-state index is 12.0. The molecule has 2 amide bonds. The summed E-state index contributed by atoms with van der Waals surface area (Å²) in [6, 6.07) is 11.8. The van der Waals surface area contributed by atoms with E-state index in [0.29, 0.717) is 18.8 Å². The second-order valence-corrected chi connectivity index (χ2v) is 8.80. The summed E-state index contributed by atoms with van der Waals surface area (Å²) in [5, 5.41) is 17.7. The van der Waals surface area contributed by atoms with Gasteiger partial charge in [-0.2, -0.15) is 0 Å². The molecule has 0 saturated heterocycles. The second kappa shape index (κ2) is 13.1. The molecule has 10 heteroatoms. The van der Waals surface area contributed by atoms with Crippen molar-refractivity contribution < 1.29 is 24.2 Å². The Balaban J connectivity index is 1.42. The van der Waals surface area contributed by atoms with Crippen LogP contribution in [0, 0.1) is 0 Å². The first-order valence-corrected chi connectivity index (χ1v) is 11.8. The first-order chi connectivity index (χ1) is 16.5. The van der Waals surface area contributed by atoms with Crippen LogP contribution in [-0.4, -0.2) is 48.2 Å². The molecule has 1 aromatic carbocycles. The summed E-state index contributed by atoms with van der Waals surface area (Å²) in [6.45, 7) is 1.60. The SMILES string of the molecule is O=C(CCC=Cc1ccc(CC(NC(=O)OCc2ccccc2)C(=O)O)s1)NC1=NCCCN1. The molecule has 2 aromatic rings. The highest BCUT2D eigenvalue weighted by atomic mass is 32.1. The van der Waals surface area contributed by atoms with E-state index in [2.05, 4.69) is 20.9 Å². The van der Waals surface area contributed by atoms with Crippen LogP contribution in [0.15, 0.2) is 53.5 Å². The fourth-order valence-corrected chi connectivity index (χ4v) is 4.12. The monoisotopic (exact) mass is 484 g/mol. The van der Waals surface area contributed by atoms with Crippen molar-refractivity contribution in [3.8, 4) is 0 Å². The number of amides is 2. The smallest absolute Gasteiger partial charge is 0.408 e. The van der Waals surface area contributed by atoms with E-state index in [-0.39, 0.29) is 18.9 Å². The summed E-state index contributed by atoms with van der Waals surface area (Å²) in [5.74, 6) is -0.696. The summed E-state index contributed by atoms with van der Waals surface area (Å²) in [6.07, 6.45) is 5.04. The molecule has 2 heterocycles. The van der Waals surface area contributed by atoms with Crippen LogP contribution in [0.2, 0.25) is 0 Å². The molecule has 180 valence electrons. The number of carbonyl (C=O) groups excluding carboxylic acids is 2. The molecule has 9 nitrogen and oxygen atoms in total. The van der Waals surface area contributed by atoms with E-state index >= 15 is 0 Å². The Bertz CT molecular complexity index is 1030. The Labute approximate surface area is 201 Å². The highest BCUT2D eigenvalue weighted by Crippen LogP contribution is 2.20. The van der Waals surface area contributed by atoms with Gasteiger partial charge in [0.1, 0.15) is 12.6 Å². The number of ether oxygens (including phenoxy) is 1. The number of guanidine groups is 1. The Morgan fingerprint density at radius 3 is 2.76 bits per heavy atom. The number of hydrogen-bond acceptors (Lipinski definition) is 7. The van der Waals surface area contributed by atoms with Crippen molar-refractivity contribution in [1.29, 1.82) is 0 Å². The molecule has 1 aliphatic heterocycles. The minimum Gasteiger partial charge on any atom is -0.480 e. The normalized spacial score (nSPS) is 14.1. The molecule has 1 aliphatic rings. The van der Waals surface area contributed by atoms with Gasteiger partial charge in [-0.05, 0) is 36.6 Å². The number of carbonyl (C=O) groups is 3. The summed E-state index contributed by atoms with van der Waals surface area (Å²) < 4.78 is 5.12. The number of carboxylic acid groups (broad SMARTS) is 1. The van der Waals surface area contributed by atoms with Crippen molar-refractivity contribution in [1.82, 2.24) is 16.0 Å². The van der Waals surface area contributed by atoms with Crippen molar-refractivity contribution in [3.05, 3.63) is 63.9 Å². The lowest BCUT2D eigenvalue weighted by molar-refractivity contribution is -0.139. The molecule has 0 aliphatic carbocycles. The van der Waals surface area contributed by atoms with E-state index < -0.39 is 18.1 Å². The number of aliphatic carboxylic acids is 1. The lowest BCUT2D eigenvalue weighted by Crippen LogP contribution is -2.43. The van der Waals surface area contributed by atoms with Crippen LogP contribution in [0.25, 0.3) is 6.08 Å². The summed E-state index contributed by atoms with van der Waals surface area (Å²) in [4.78, 5) is 41.6. The van der Waals surface area contributed by atoms with Crippen LogP contribution < -0.4 is 16.0 Å². The quantitative estimate of drug-likeness (QED) is 0.410. The number of alkyl carbamates (subject to hydrolysis) is 1. The molecule has 34 heavy (non-hydrogen) atoms. The second-order valence-electron chi connectivity index (χ2n) is 7.60. The Kier molecular flexibility index (Phi) is 9.65. The van der Waals surface area contributed by atoms with Gasteiger partial charge in [0.15, 0.2) is 5.96 Å². The Hall–Kier alpha value is -3.66. The van der Waals surface area contributed by atoms with E-state index in [4.69, 9.17) is 4.74 Å². The van der Waals surface area contributed by atoms with Crippen molar-refractivity contribution in [2.45, 2.75) is 38.3 Å². The Morgan fingerprint density at radius 1 is 1.21 bits per heavy atom. The summed E-state index contributed by atoms with van der Waals surface area (Å²) in [7, 11) is 0. The molecule has 4 N–H and O–H groups in total. The highest BCUT2D eigenvalue weighted by molar-refractivity contribution is 7.12. The number of benzene rings is 1. The number of nitrogens with one attached hydrogen (secondary N) is 3. The number of nitrogens with zero attached hydrogens (tertiary/aromatic N) is 1. The maximum Gasteiger partial charge on any atom is 0.408 e. The zero-order valence-electron chi connectivity index (χ0n) is 18.7. The molecule has 3 rings (SSSR count). The van der Waals surface area contributed by atoms with Gasteiger partial charge < -0.3 is 20.5 Å². The van der Waals surface area contributed by atoms with Gasteiger partial charge in [-0.15, -0.1) is 11.3 Å². The zero-order chi connectivity index (χ0) is 24.2. The van der Waals surface area contributed by atoms with Crippen LogP contribution in [0.4, 0.5) is 4.79 Å². The van der Waals surface area contributed by atoms with E-state index in [9.17, 15) is 19.5 Å². The summed E-state index contributed by atoms with van der Waals surface area (Å²) in [5.41, 5.74) is 0.816. The standard InChI is InChI=1S/C24H28N4O5S/c29-21(28-23-25-13-6-14-26-23)10-5-4-9-18-11-12-19(34-18)15-20(22(30)31)27-24(32)33-16-17-7-2-1-3-8-17/h1-4,7-9,11-12,20H,5-6,10,13-16H2,(H,27,32)(H,30,31)(H2,25,26,28,29). The van der Waals surface area contributed by atoms with Gasteiger partial charge in [0, 0.05) is 35.7 Å². The first kappa shape index (κ1) is 25.0. The minimum absolute atomic E-state index is 0.0651. The topological polar surface area (TPSA) is 129 Å². The molecule has 1 unspecified atom stereocenters. The van der Waals surface area contributed by atoms with Crippen LogP contribution in [-0.2, 0) is 27.4 Å². The van der Waals surface area contributed by atoms with E-state index in [1.54, 1.807) is 0 Å². The molecule has 1 aromatic heterocycles. The number of hydrogen-bond donors (Lipinski definition) is 4. The third-order valence-electron chi connectivity index (χ3n) is 4.87. The van der Waals surface area contributed by atoms with Gasteiger partial charge in [-0.25, -0.2) is 9.59 Å². The maximum absolute atomic E-state index is 12.0. The zero-order valence-corrected chi connectivity index (χ0v) is 19.5. The van der Waals surface area contributed by atoms with E-state index in [1.165, 1.54) is 11.3 Å². The molecule has 0 spiro atoms. The molecule has 0 fully saturated rings. The Morgan fingerprint density at radius 2 is 2.03 bits per heavy atom. The van der Waals surface area contributed by atoms with Crippen molar-refractivity contribution in [2.75, 3.05) is 13.1 Å². The molecule has 0 saturated carbocycles. The molecular weight excluding hydrogens is 456 g/mol. The third-order valence-corrected chi connectivity index (χ3v) is 5.94. The average Bonchev–Trinajstić information content (AvgIpc) is 3.28. The van der Waals surface area contributed by atoms with Crippen LogP contribution >= 0.6 is 11.3 Å². The number of rotatable bonds is 10. The van der Waals surface area contributed by atoms with Gasteiger partial charge in [-0.1, -0.05) is 36.4 Å². The minimum atomic E-state index is -1.13. The van der Waals surface area contributed by atoms with Crippen LogP contribution in [0.1, 0.15) is 34.6 Å². The van der Waals surface area contributed by atoms with Crippen LogP contribution in [0.3, 0.4) is 0 Å². The van der Waals surface area contributed by atoms with Gasteiger partial charge >= 0.3 is 12.1 Å². The van der Waals surface area contributed by atoms with Crippen molar-refractivity contribution in [2.24, 2.45) is 4.99 Å². The van der Waals surface area contributed by atoms with Gasteiger partial charge in [-0.3, -0.25) is 15.1 Å². The van der Waals surface area contributed by atoms with Crippen molar-refractivity contribution >= 4 is 41.3 Å². The fraction of sp³-hybridized carbons (Fsp3) is 0.333. The number of aliphatic imine (C=N–C) groups is 1. The number of carboxylic acids is 1. The predicted octanol–water partition coefficient (Wildman–Crippen LogP) is 2.93. The fourth-order valence-electron chi connectivity index (χ4n) is 3.13. The third kappa shape index (κ3) is 8.70. The lowest BCUT2D eigenvalue weighted by atomic mass is 10.2. The number of thiophene rings is 1. The molecule has 1 atom stereocenters. The molecule has 0 radical (unpaired) electrons. The van der Waals surface area contributed by atoms with Crippen LogP contribution in [0.5, 0.6) is 0 Å². The van der Waals surface area contributed by atoms with E-state index in [0.717, 1.165) is 34.8 Å². The average molecular weight is 485 g/mol. The molecular formula is C24H28N4O5S. The van der Waals surface area contributed by atoms with E-state index in [1.807, 2.05) is 54.6 Å². The predicted molar refractivity (Wildman–Crippen MR) is 131 cm³/mol.